The first-order valence-electron chi connectivity index (χ1n) is 6.16. The molecule has 1 aromatic rings. The lowest BCUT2D eigenvalue weighted by atomic mass is 10.2. The maximum atomic E-state index is 11.7. The average Bonchev–Trinajstić information content (AvgIpc) is 2.41. The molecule has 0 bridgehead atoms. The zero-order valence-corrected chi connectivity index (χ0v) is 12.8. The second kappa shape index (κ2) is 7.07. The Kier molecular flexibility index (Phi) is 5.71. The molecule has 114 valence electrons. The van der Waals surface area contributed by atoms with Gasteiger partial charge in [0.05, 0.1) is 10.7 Å². The summed E-state index contributed by atoms with van der Waals surface area (Å²) in [5.41, 5.74) is 4.69. The van der Waals surface area contributed by atoms with Crippen LogP contribution in [0.25, 0.3) is 0 Å². The summed E-state index contributed by atoms with van der Waals surface area (Å²) < 4.78 is -0.0420. The van der Waals surface area contributed by atoms with Crippen molar-refractivity contribution >= 4 is 29.3 Å². The van der Waals surface area contributed by atoms with E-state index < -0.39 is 10.8 Å². The van der Waals surface area contributed by atoms with E-state index in [1.165, 1.54) is 36.0 Å². The number of benzene rings is 1. The summed E-state index contributed by atoms with van der Waals surface area (Å²) in [6.07, 6.45) is 0. The third-order valence-electron chi connectivity index (χ3n) is 2.29. The van der Waals surface area contributed by atoms with Crippen LogP contribution in [-0.2, 0) is 4.79 Å². The molecule has 0 saturated heterocycles. The van der Waals surface area contributed by atoms with Crippen LogP contribution >= 0.6 is 11.8 Å². The first-order valence-corrected chi connectivity index (χ1v) is 7.15. The van der Waals surface area contributed by atoms with Crippen molar-refractivity contribution < 1.29 is 14.5 Å². The molecule has 1 rings (SSSR count). The third-order valence-corrected chi connectivity index (χ3v) is 3.56. The van der Waals surface area contributed by atoms with E-state index >= 15 is 0 Å². The Balaban J connectivity index is 2.46. The first-order chi connectivity index (χ1) is 9.69. The van der Waals surface area contributed by atoms with Crippen LogP contribution in [0.15, 0.2) is 24.3 Å². The van der Waals surface area contributed by atoms with Gasteiger partial charge in [-0.05, 0) is 12.1 Å². The molecule has 0 heterocycles. The van der Waals surface area contributed by atoms with E-state index in [9.17, 15) is 19.7 Å². The van der Waals surface area contributed by atoms with E-state index in [4.69, 9.17) is 0 Å². The number of carbonyl (C=O) groups excluding carboxylic acids is 2. The van der Waals surface area contributed by atoms with E-state index in [2.05, 4.69) is 10.9 Å². The van der Waals surface area contributed by atoms with Gasteiger partial charge in [0.15, 0.2) is 0 Å². The molecule has 2 amide bonds. The van der Waals surface area contributed by atoms with Gasteiger partial charge in [-0.3, -0.25) is 30.6 Å². The average molecular weight is 311 g/mol. The number of nitrogens with one attached hydrogen (secondary N) is 2. The van der Waals surface area contributed by atoms with Crippen LogP contribution in [0.3, 0.4) is 0 Å². The third kappa shape index (κ3) is 6.26. The maximum absolute atomic E-state index is 11.7. The molecule has 2 N–H and O–H groups in total. The van der Waals surface area contributed by atoms with Gasteiger partial charge in [-0.25, -0.2) is 0 Å². The summed E-state index contributed by atoms with van der Waals surface area (Å²) in [6, 6.07) is 5.10. The summed E-state index contributed by atoms with van der Waals surface area (Å²) in [5, 5.41) is 10.5. The van der Waals surface area contributed by atoms with Gasteiger partial charge < -0.3 is 0 Å². The van der Waals surface area contributed by atoms with Crippen molar-refractivity contribution in [3.05, 3.63) is 39.9 Å². The van der Waals surface area contributed by atoms with E-state index in [-0.39, 0.29) is 27.7 Å². The molecule has 0 aromatic heterocycles. The van der Waals surface area contributed by atoms with Crippen molar-refractivity contribution in [3.63, 3.8) is 0 Å². The number of hydrazine groups is 1. The van der Waals surface area contributed by atoms with Gasteiger partial charge in [0.25, 0.3) is 11.6 Å². The van der Waals surface area contributed by atoms with Crippen LogP contribution in [0.1, 0.15) is 31.1 Å². The Hall–Kier alpha value is -2.09. The van der Waals surface area contributed by atoms with Gasteiger partial charge in [0, 0.05) is 22.4 Å². The zero-order chi connectivity index (χ0) is 16.0. The van der Waals surface area contributed by atoms with Crippen molar-refractivity contribution in [1.82, 2.24) is 10.9 Å². The number of carbonyl (C=O) groups is 2. The highest BCUT2D eigenvalue weighted by molar-refractivity contribution is 8.01. The number of nitrogens with zero attached hydrogens (tertiary/aromatic N) is 1. The molecule has 7 nitrogen and oxygen atoms in total. The van der Waals surface area contributed by atoms with Gasteiger partial charge >= 0.3 is 0 Å². The summed E-state index contributed by atoms with van der Waals surface area (Å²) in [6.45, 7) is 5.96. The quantitative estimate of drug-likeness (QED) is 0.653. The molecular formula is C13H17N3O4S. The van der Waals surface area contributed by atoms with Crippen molar-refractivity contribution in [1.29, 1.82) is 0 Å². The van der Waals surface area contributed by atoms with Crippen LogP contribution < -0.4 is 10.9 Å². The highest BCUT2D eigenvalue weighted by Crippen LogP contribution is 2.22. The summed E-state index contributed by atoms with van der Waals surface area (Å²) in [7, 11) is 0. The molecule has 21 heavy (non-hydrogen) atoms. The smallest absolute Gasteiger partial charge is 0.269 e. The molecule has 0 saturated carbocycles. The molecule has 1 aromatic carbocycles. The number of hydrogen-bond donors (Lipinski definition) is 2. The minimum absolute atomic E-state index is 0.0420. The molecule has 0 spiro atoms. The number of nitro groups is 1. The Bertz CT molecular complexity index is 537. The van der Waals surface area contributed by atoms with E-state index in [1.54, 1.807) is 0 Å². The normalized spacial score (nSPS) is 10.8. The van der Waals surface area contributed by atoms with Gasteiger partial charge in [0.2, 0.25) is 5.91 Å². The number of nitro benzene ring substituents is 1. The Morgan fingerprint density at radius 3 is 2.24 bits per heavy atom. The SMILES string of the molecule is CC(C)(C)SCC(=O)NNC(=O)c1ccc([N+](=O)[O-])cc1. The van der Waals surface area contributed by atoms with Gasteiger partial charge in [-0.2, -0.15) is 0 Å². The number of thioether (sulfide) groups is 1. The number of rotatable bonds is 4. The van der Waals surface area contributed by atoms with Crippen LogP contribution in [0.4, 0.5) is 5.69 Å². The van der Waals surface area contributed by atoms with Crippen LogP contribution in [0, 0.1) is 10.1 Å². The molecule has 0 unspecified atom stereocenters. The lowest BCUT2D eigenvalue weighted by Crippen LogP contribution is -2.42. The van der Waals surface area contributed by atoms with Crippen LogP contribution in [0.2, 0.25) is 0 Å². The molecule has 0 aliphatic carbocycles. The van der Waals surface area contributed by atoms with Crippen molar-refractivity contribution in [2.45, 2.75) is 25.5 Å². The van der Waals surface area contributed by atoms with Crippen molar-refractivity contribution in [2.24, 2.45) is 0 Å². The van der Waals surface area contributed by atoms with Crippen LogP contribution in [0.5, 0.6) is 0 Å². The van der Waals surface area contributed by atoms with Gasteiger partial charge in [0.1, 0.15) is 0 Å². The molecular weight excluding hydrogens is 294 g/mol. The summed E-state index contributed by atoms with van der Waals surface area (Å²) >= 11 is 1.46. The Morgan fingerprint density at radius 2 is 1.76 bits per heavy atom. The minimum atomic E-state index is -0.548. The molecule has 0 aliphatic heterocycles. The molecule has 0 atom stereocenters. The lowest BCUT2D eigenvalue weighted by Gasteiger charge is -2.17. The number of amides is 2. The van der Waals surface area contributed by atoms with E-state index in [0.717, 1.165) is 0 Å². The highest BCUT2D eigenvalue weighted by atomic mass is 32.2. The Labute approximate surface area is 126 Å². The monoisotopic (exact) mass is 311 g/mol. The van der Waals surface area contributed by atoms with Crippen LogP contribution in [-0.4, -0.2) is 27.2 Å². The molecule has 8 heteroatoms. The summed E-state index contributed by atoms with van der Waals surface area (Å²) in [4.78, 5) is 33.2. The minimum Gasteiger partial charge on any atom is -0.272 e. The predicted molar refractivity (Wildman–Crippen MR) is 80.9 cm³/mol. The number of non-ortho nitro benzene ring substituents is 1. The topological polar surface area (TPSA) is 101 Å². The van der Waals surface area contributed by atoms with E-state index in [0.29, 0.717) is 0 Å². The summed E-state index contributed by atoms with van der Waals surface area (Å²) in [5.74, 6) is -0.617. The first kappa shape index (κ1) is 17.0. The zero-order valence-electron chi connectivity index (χ0n) is 12.0. The number of hydrogen-bond acceptors (Lipinski definition) is 5. The largest absolute Gasteiger partial charge is 0.272 e. The van der Waals surface area contributed by atoms with Gasteiger partial charge in [-0.15, -0.1) is 11.8 Å². The standard InChI is InChI=1S/C13H17N3O4S/c1-13(2,3)21-8-11(17)14-15-12(18)9-4-6-10(7-5-9)16(19)20/h4-7H,8H2,1-3H3,(H,14,17)(H,15,18). The van der Waals surface area contributed by atoms with Crippen molar-refractivity contribution in [2.75, 3.05) is 5.75 Å². The fourth-order valence-electron chi connectivity index (χ4n) is 1.25. The molecule has 0 fully saturated rings. The Morgan fingerprint density at radius 1 is 1.19 bits per heavy atom. The molecule has 0 radical (unpaired) electrons. The fourth-order valence-corrected chi connectivity index (χ4v) is 1.89. The second-order valence-corrected chi connectivity index (χ2v) is 7.01. The van der Waals surface area contributed by atoms with Gasteiger partial charge in [-0.1, -0.05) is 20.8 Å². The van der Waals surface area contributed by atoms with E-state index in [1.807, 2.05) is 20.8 Å². The maximum Gasteiger partial charge on any atom is 0.269 e. The second-order valence-electron chi connectivity index (χ2n) is 5.21. The fraction of sp³-hybridized carbons (Fsp3) is 0.385. The van der Waals surface area contributed by atoms with Crippen molar-refractivity contribution in [3.8, 4) is 0 Å². The lowest BCUT2D eigenvalue weighted by molar-refractivity contribution is -0.384. The predicted octanol–water partition coefficient (Wildman–Crippen LogP) is 1.89. The highest BCUT2D eigenvalue weighted by Gasteiger charge is 2.14. The molecule has 0 aliphatic rings.